The van der Waals surface area contributed by atoms with Crippen LogP contribution in [0.5, 0.6) is 0 Å². The Kier molecular flexibility index (Phi) is 6.59. The second-order valence-corrected chi connectivity index (χ2v) is 6.42. The second-order valence-electron chi connectivity index (χ2n) is 5.60. The van der Waals surface area contributed by atoms with Crippen LogP contribution in [-0.4, -0.2) is 35.4 Å². The lowest BCUT2D eigenvalue weighted by Gasteiger charge is -2.17. The molecule has 0 aliphatic carbocycles. The van der Waals surface area contributed by atoms with Crippen LogP contribution in [0.3, 0.4) is 0 Å². The third-order valence-electron chi connectivity index (χ3n) is 3.62. The van der Waals surface area contributed by atoms with Crippen LogP contribution in [0.1, 0.15) is 15.9 Å². The fraction of sp³-hybridized carbons (Fsp3) is 0.176. The molecule has 2 aromatic rings. The van der Waals surface area contributed by atoms with Gasteiger partial charge in [0.25, 0.3) is 11.6 Å². The van der Waals surface area contributed by atoms with Gasteiger partial charge in [0.15, 0.2) is 6.61 Å². The summed E-state index contributed by atoms with van der Waals surface area (Å²) in [6.07, 6.45) is 0. The number of non-ortho nitro benzene ring substituents is 1. The molecule has 0 saturated carbocycles. The average molecular weight is 412 g/mol. The molecule has 0 spiro atoms. The Morgan fingerprint density at radius 1 is 1.19 bits per heavy atom. The van der Waals surface area contributed by atoms with Crippen LogP contribution < -0.4 is 5.73 Å². The maximum absolute atomic E-state index is 12.1. The van der Waals surface area contributed by atoms with Gasteiger partial charge in [-0.15, -0.1) is 0 Å². The molecule has 0 heterocycles. The summed E-state index contributed by atoms with van der Waals surface area (Å²) in [5.41, 5.74) is 5.98. The van der Waals surface area contributed by atoms with Gasteiger partial charge < -0.3 is 15.4 Å². The van der Waals surface area contributed by atoms with Gasteiger partial charge in [-0.3, -0.25) is 14.9 Å². The lowest BCUT2D eigenvalue weighted by Crippen LogP contribution is -2.30. The number of hydrogen-bond donors (Lipinski definition) is 1. The Labute approximate surface area is 164 Å². The Bertz CT molecular complexity index is 904. The van der Waals surface area contributed by atoms with Crippen molar-refractivity contribution in [1.29, 1.82) is 0 Å². The molecule has 0 fully saturated rings. The van der Waals surface area contributed by atoms with E-state index in [1.807, 2.05) is 0 Å². The van der Waals surface area contributed by atoms with E-state index in [0.717, 1.165) is 17.7 Å². The SMILES string of the molecule is CN(Cc1ccc(Cl)c(Cl)c1)C(=O)COC(=O)c1ccc([N+](=O)[O-])cc1N. The summed E-state index contributed by atoms with van der Waals surface area (Å²) in [6, 6.07) is 8.34. The molecule has 0 bridgehead atoms. The first-order chi connectivity index (χ1) is 12.7. The Morgan fingerprint density at radius 2 is 1.89 bits per heavy atom. The summed E-state index contributed by atoms with van der Waals surface area (Å²) in [6.45, 7) is -0.264. The second kappa shape index (κ2) is 8.70. The standard InChI is InChI=1S/C17H15Cl2N3O5/c1-21(8-10-2-5-13(18)14(19)6-10)16(23)9-27-17(24)12-4-3-11(22(25)26)7-15(12)20/h2-7H,8-9,20H2,1H3. The molecule has 27 heavy (non-hydrogen) atoms. The number of anilines is 1. The summed E-state index contributed by atoms with van der Waals surface area (Å²) in [7, 11) is 1.54. The van der Waals surface area contributed by atoms with Crippen LogP contribution in [0.15, 0.2) is 36.4 Å². The first-order valence-corrected chi connectivity index (χ1v) is 8.33. The predicted molar refractivity (Wildman–Crippen MR) is 101 cm³/mol. The molecule has 8 nitrogen and oxygen atoms in total. The third kappa shape index (κ3) is 5.32. The van der Waals surface area contributed by atoms with Gasteiger partial charge in [0.2, 0.25) is 0 Å². The van der Waals surface area contributed by atoms with Crippen LogP contribution in [-0.2, 0) is 16.1 Å². The van der Waals surface area contributed by atoms with Crippen molar-refractivity contribution in [3.8, 4) is 0 Å². The minimum atomic E-state index is -0.848. The maximum Gasteiger partial charge on any atom is 0.340 e. The van der Waals surface area contributed by atoms with Crippen molar-refractivity contribution in [1.82, 2.24) is 4.90 Å². The van der Waals surface area contributed by atoms with Gasteiger partial charge in [0.1, 0.15) is 0 Å². The van der Waals surface area contributed by atoms with Gasteiger partial charge in [0, 0.05) is 25.7 Å². The van der Waals surface area contributed by atoms with Gasteiger partial charge in [-0.2, -0.15) is 0 Å². The quantitative estimate of drug-likeness (QED) is 0.337. The summed E-state index contributed by atoms with van der Waals surface area (Å²) in [5.74, 6) is -1.30. The Hall–Kier alpha value is -2.84. The van der Waals surface area contributed by atoms with Crippen molar-refractivity contribution in [3.05, 3.63) is 67.7 Å². The van der Waals surface area contributed by atoms with Crippen molar-refractivity contribution >= 4 is 46.5 Å². The number of rotatable bonds is 6. The lowest BCUT2D eigenvalue weighted by molar-refractivity contribution is -0.384. The number of nitro groups is 1. The molecule has 10 heteroatoms. The van der Waals surface area contributed by atoms with Crippen LogP contribution in [0.4, 0.5) is 11.4 Å². The smallest absolute Gasteiger partial charge is 0.340 e. The van der Waals surface area contributed by atoms with E-state index >= 15 is 0 Å². The number of nitrogens with two attached hydrogens (primary N) is 1. The fourth-order valence-corrected chi connectivity index (χ4v) is 2.49. The minimum Gasteiger partial charge on any atom is -0.452 e. The van der Waals surface area contributed by atoms with Crippen LogP contribution in [0.2, 0.25) is 10.0 Å². The predicted octanol–water partition coefficient (Wildman–Crippen LogP) is 3.30. The number of hydrogen-bond acceptors (Lipinski definition) is 6. The van der Waals surface area contributed by atoms with Crippen molar-refractivity contribution in [2.24, 2.45) is 0 Å². The third-order valence-corrected chi connectivity index (χ3v) is 4.36. The summed E-state index contributed by atoms with van der Waals surface area (Å²) < 4.78 is 4.95. The average Bonchev–Trinajstić information content (AvgIpc) is 2.62. The van der Waals surface area contributed by atoms with E-state index in [2.05, 4.69) is 0 Å². The molecule has 1 amide bonds. The van der Waals surface area contributed by atoms with Gasteiger partial charge in [-0.1, -0.05) is 29.3 Å². The maximum atomic E-state index is 12.1. The van der Waals surface area contributed by atoms with Crippen molar-refractivity contribution in [2.45, 2.75) is 6.54 Å². The molecule has 142 valence electrons. The highest BCUT2D eigenvalue weighted by molar-refractivity contribution is 6.42. The van der Waals surface area contributed by atoms with Gasteiger partial charge in [-0.25, -0.2) is 4.79 Å². The molecule has 2 aromatic carbocycles. The molecule has 0 atom stereocenters. The van der Waals surface area contributed by atoms with Gasteiger partial charge in [-0.05, 0) is 23.8 Å². The van der Waals surface area contributed by atoms with Crippen molar-refractivity contribution in [3.63, 3.8) is 0 Å². The zero-order chi connectivity index (χ0) is 20.1. The summed E-state index contributed by atoms with van der Waals surface area (Å²) >= 11 is 11.8. The number of esters is 1. The number of carbonyl (C=O) groups excluding carboxylic acids is 2. The normalized spacial score (nSPS) is 10.3. The molecule has 2 N–H and O–H groups in total. The fourth-order valence-electron chi connectivity index (χ4n) is 2.16. The molecule has 0 radical (unpaired) electrons. The van der Waals surface area contributed by atoms with E-state index in [0.29, 0.717) is 10.0 Å². The highest BCUT2D eigenvalue weighted by Gasteiger charge is 2.18. The van der Waals surface area contributed by atoms with E-state index in [9.17, 15) is 19.7 Å². The highest BCUT2D eigenvalue weighted by atomic mass is 35.5. The van der Waals surface area contributed by atoms with E-state index in [1.54, 1.807) is 25.2 Å². The number of nitrogen functional groups attached to an aromatic ring is 1. The lowest BCUT2D eigenvalue weighted by atomic mass is 10.1. The molecule has 0 unspecified atom stereocenters. The van der Waals surface area contributed by atoms with Gasteiger partial charge in [0.05, 0.1) is 26.2 Å². The monoisotopic (exact) mass is 411 g/mol. The summed E-state index contributed by atoms with van der Waals surface area (Å²) in [5, 5.41) is 11.5. The first-order valence-electron chi connectivity index (χ1n) is 7.58. The number of nitro benzene ring substituents is 1. The minimum absolute atomic E-state index is 0.0551. The molecule has 0 aliphatic heterocycles. The number of ether oxygens (including phenoxy) is 1. The van der Waals surface area contributed by atoms with Crippen LogP contribution in [0.25, 0.3) is 0 Å². The first kappa shape index (κ1) is 20.5. The zero-order valence-electron chi connectivity index (χ0n) is 14.1. The number of likely N-dealkylation sites (N-methyl/N-ethyl adjacent to an activating group) is 1. The van der Waals surface area contributed by atoms with Crippen LogP contribution in [0, 0.1) is 10.1 Å². The molecule has 0 saturated heterocycles. The van der Waals surface area contributed by atoms with E-state index in [4.69, 9.17) is 33.7 Å². The number of amides is 1. The topological polar surface area (TPSA) is 116 Å². The number of halogens is 2. The summed E-state index contributed by atoms with van der Waals surface area (Å²) in [4.78, 5) is 35.6. The van der Waals surface area contributed by atoms with E-state index < -0.39 is 23.4 Å². The molecular formula is C17H15Cl2N3O5. The number of carbonyl (C=O) groups is 2. The van der Waals surface area contributed by atoms with Crippen molar-refractivity contribution < 1.29 is 19.2 Å². The van der Waals surface area contributed by atoms with Gasteiger partial charge >= 0.3 is 5.97 Å². The highest BCUT2D eigenvalue weighted by Crippen LogP contribution is 2.23. The zero-order valence-corrected chi connectivity index (χ0v) is 15.7. The Balaban J connectivity index is 1.94. The molecule has 0 aromatic heterocycles. The molecular weight excluding hydrogens is 397 g/mol. The number of nitrogens with zero attached hydrogens (tertiary/aromatic N) is 2. The molecule has 2 rings (SSSR count). The Morgan fingerprint density at radius 3 is 2.48 bits per heavy atom. The molecule has 0 aliphatic rings. The largest absolute Gasteiger partial charge is 0.452 e. The van der Waals surface area contributed by atoms with E-state index in [1.165, 1.54) is 11.0 Å². The van der Waals surface area contributed by atoms with Crippen LogP contribution >= 0.6 is 23.2 Å². The van der Waals surface area contributed by atoms with Crippen molar-refractivity contribution in [2.75, 3.05) is 19.4 Å². The van der Waals surface area contributed by atoms with E-state index in [-0.39, 0.29) is 23.5 Å². The number of benzene rings is 2.